The normalized spacial score (nSPS) is 12.8. The highest BCUT2D eigenvalue weighted by molar-refractivity contribution is 7.15. The molecule has 1 aliphatic rings. The van der Waals surface area contributed by atoms with Gasteiger partial charge in [-0.2, -0.15) is 0 Å². The van der Waals surface area contributed by atoms with E-state index in [1.54, 1.807) is 24.3 Å². The molecule has 2 heterocycles. The Labute approximate surface area is 176 Å². The lowest BCUT2D eigenvalue weighted by molar-refractivity contribution is -0.118. The van der Waals surface area contributed by atoms with Crippen LogP contribution in [0.5, 0.6) is 5.75 Å². The number of aromatic nitrogens is 2. The van der Waals surface area contributed by atoms with Gasteiger partial charge in [0.1, 0.15) is 10.8 Å². The Morgan fingerprint density at radius 1 is 1.03 bits per heavy atom. The largest absolute Gasteiger partial charge is 0.484 e. The summed E-state index contributed by atoms with van der Waals surface area (Å²) in [5.41, 5.74) is 2.85. The summed E-state index contributed by atoms with van der Waals surface area (Å²) in [5.74, 6) is -0.486. The van der Waals surface area contributed by atoms with Crippen molar-refractivity contribution in [3.63, 3.8) is 0 Å². The van der Waals surface area contributed by atoms with Crippen molar-refractivity contribution in [3.05, 3.63) is 69.7 Å². The van der Waals surface area contributed by atoms with Gasteiger partial charge in [0.15, 0.2) is 6.61 Å². The fourth-order valence-corrected chi connectivity index (χ4v) is 3.95. The molecule has 0 spiro atoms. The predicted molar refractivity (Wildman–Crippen MR) is 111 cm³/mol. The summed E-state index contributed by atoms with van der Waals surface area (Å²) in [4.78, 5) is 38.1. The molecule has 8 nitrogen and oxygen atoms in total. The molecule has 2 aromatic carbocycles. The average Bonchev–Trinajstić information content (AvgIpc) is 3.24. The molecular weight excluding hydrogens is 404 g/mol. The minimum atomic E-state index is -0.377. The fraction of sp³-hybridized carbons (Fsp3) is 0.190. The zero-order chi connectivity index (χ0) is 21.3. The van der Waals surface area contributed by atoms with Gasteiger partial charge in [0.25, 0.3) is 17.7 Å². The number of hydrogen-bond acceptors (Lipinski definition) is 7. The number of fused-ring (bicyclic) bond motifs is 1. The van der Waals surface area contributed by atoms with E-state index in [4.69, 9.17) is 4.74 Å². The van der Waals surface area contributed by atoms with E-state index in [9.17, 15) is 14.4 Å². The Hall–Kier alpha value is -3.59. The molecule has 1 aromatic heterocycles. The van der Waals surface area contributed by atoms with Crippen LogP contribution in [0.15, 0.2) is 42.5 Å². The van der Waals surface area contributed by atoms with Crippen LogP contribution < -0.4 is 10.1 Å². The van der Waals surface area contributed by atoms with Crippen LogP contribution in [0, 0.1) is 13.8 Å². The number of hydrogen-bond donors (Lipinski definition) is 1. The van der Waals surface area contributed by atoms with Crippen molar-refractivity contribution in [1.82, 2.24) is 15.1 Å². The van der Waals surface area contributed by atoms with Crippen LogP contribution in [-0.4, -0.2) is 39.4 Å². The molecule has 3 amide bonds. The van der Waals surface area contributed by atoms with Crippen LogP contribution in [0.4, 0.5) is 5.13 Å². The number of anilines is 1. The lowest BCUT2D eigenvalue weighted by atomic mass is 10.1. The molecule has 0 unspecified atom stereocenters. The second kappa shape index (κ2) is 8.03. The lowest BCUT2D eigenvalue weighted by Crippen LogP contribution is -2.29. The molecule has 0 saturated carbocycles. The number of carbonyl (C=O) groups excluding carboxylic acids is 3. The first kappa shape index (κ1) is 19.7. The number of rotatable bonds is 6. The van der Waals surface area contributed by atoms with Gasteiger partial charge in [0.05, 0.1) is 17.7 Å². The van der Waals surface area contributed by atoms with E-state index in [1.165, 1.54) is 0 Å². The number of ether oxygens (including phenoxy) is 1. The smallest absolute Gasteiger partial charge is 0.264 e. The van der Waals surface area contributed by atoms with Crippen LogP contribution in [0.1, 0.15) is 36.9 Å². The molecule has 4 rings (SSSR count). The Balaban J connectivity index is 1.35. The molecule has 152 valence electrons. The first-order valence-corrected chi connectivity index (χ1v) is 10.0. The lowest BCUT2D eigenvalue weighted by Gasteiger charge is -2.10. The van der Waals surface area contributed by atoms with E-state index in [0.717, 1.165) is 27.4 Å². The SMILES string of the molecule is Cc1cc(C)cc(OCC(=O)Nc2nnc(CN3C(=O)c4ccccc4C3=O)s2)c1. The van der Waals surface area contributed by atoms with Crippen molar-refractivity contribution in [2.75, 3.05) is 11.9 Å². The first-order valence-electron chi connectivity index (χ1n) is 9.19. The minimum Gasteiger partial charge on any atom is -0.484 e. The summed E-state index contributed by atoms with van der Waals surface area (Å²) in [6, 6.07) is 12.4. The van der Waals surface area contributed by atoms with Crippen molar-refractivity contribution in [1.29, 1.82) is 0 Å². The number of nitrogens with zero attached hydrogens (tertiary/aromatic N) is 3. The van der Waals surface area contributed by atoms with Gasteiger partial charge in [-0.15, -0.1) is 10.2 Å². The Morgan fingerprint density at radius 3 is 2.30 bits per heavy atom. The molecule has 1 aliphatic heterocycles. The average molecular weight is 422 g/mol. The van der Waals surface area contributed by atoms with Crippen molar-refractivity contribution >= 4 is 34.2 Å². The van der Waals surface area contributed by atoms with Crippen LogP contribution in [0.2, 0.25) is 0 Å². The summed E-state index contributed by atoms with van der Waals surface area (Å²) in [5, 5.41) is 11.2. The van der Waals surface area contributed by atoms with E-state index in [2.05, 4.69) is 15.5 Å². The predicted octanol–water partition coefficient (Wildman–Crippen LogP) is 2.97. The highest BCUT2D eigenvalue weighted by Crippen LogP contribution is 2.26. The van der Waals surface area contributed by atoms with Gasteiger partial charge in [-0.25, -0.2) is 0 Å². The van der Waals surface area contributed by atoms with E-state index >= 15 is 0 Å². The topological polar surface area (TPSA) is 101 Å². The monoisotopic (exact) mass is 422 g/mol. The Bertz CT molecular complexity index is 1100. The third-order valence-corrected chi connectivity index (χ3v) is 5.27. The number of amides is 3. The molecule has 30 heavy (non-hydrogen) atoms. The van der Waals surface area contributed by atoms with Gasteiger partial charge in [-0.1, -0.05) is 29.5 Å². The second-order valence-corrected chi connectivity index (χ2v) is 7.97. The van der Waals surface area contributed by atoms with Gasteiger partial charge >= 0.3 is 0 Å². The molecule has 0 bridgehead atoms. The maximum absolute atomic E-state index is 12.4. The second-order valence-electron chi connectivity index (χ2n) is 6.90. The molecule has 3 aromatic rings. The van der Waals surface area contributed by atoms with E-state index in [0.29, 0.717) is 21.9 Å². The third-order valence-electron chi connectivity index (χ3n) is 4.45. The van der Waals surface area contributed by atoms with Gasteiger partial charge in [-0.3, -0.25) is 24.6 Å². The van der Waals surface area contributed by atoms with Gasteiger partial charge in [0.2, 0.25) is 5.13 Å². The van der Waals surface area contributed by atoms with E-state index in [-0.39, 0.29) is 36.0 Å². The zero-order valence-corrected chi connectivity index (χ0v) is 17.2. The molecule has 0 atom stereocenters. The number of benzene rings is 2. The maximum atomic E-state index is 12.4. The van der Waals surface area contributed by atoms with Gasteiger partial charge in [0, 0.05) is 0 Å². The minimum absolute atomic E-state index is 0.00104. The van der Waals surface area contributed by atoms with E-state index in [1.807, 2.05) is 32.0 Å². The first-order chi connectivity index (χ1) is 14.4. The van der Waals surface area contributed by atoms with Gasteiger partial charge < -0.3 is 4.74 Å². The molecular formula is C21H18N4O4S. The van der Waals surface area contributed by atoms with Crippen LogP contribution in [0.25, 0.3) is 0 Å². The number of imide groups is 1. The molecule has 0 aliphatic carbocycles. The summed E-state index contributed by atoms with van der Waals surface area (Å²) < 4.78 is 5.53. The highest BCUT2D eigenvalue weighted by Gasteiger charge is 2.35. The number of aryl methyl sites for hydroxylation is 2. The van der Waals surface area contributed by atoms with Crippen LogP contribution in [-0.2, 0) is 11.3 Å². The number of carbonyl (C=O) groups is 3. The molecule has 0 fully saturated rings. The summed E-state index contributed by atoms with van der Waals surface area (Å²) >= 11 is 1.10. The fourth-order valence-electron chi connectivity index (χ4n) is 3.21. The molecule has 1 N–H and O–H groups in total. The van der Waals surface area contributed by atoms with Gasteiger partial charge in [-0.05, 0) is 49.2 Å². The Morgan fingerprint density at radius 2 is 1.67 bits per heavy atom. The zero-order valence-electron chi connectivity index (χ0n) is 16.3. The van der Waals surface area contributed by atoms with Crippen LogP contribution >= 0.6 is 11.3 Å². The van der Waals surface area contributed by atoms with Crippen LogP contribution in [0.3, 0.4) is 0 Å². The molecule has 0 saturated heterocycles. The van der Waals surface area contributed by atoms with Crippen molar-refractivity contribution < 1.29 is 19.1 Å². The summed E-state index contributed by atoms with van der Waals surface area (Å²) in [6.07, 6.45) is 0. The van der Waals surface area contributed by atoms with Crippen molar-refractivity contribution in [2.45, 2.75) is 20.4 Å². The highest BCUT2D eigenvalue weighted by atomic mass is 32.1. The van der Waals surface area contributed by atoms with Crippen molar-refractivity contribution in [2.24, 2.45) is 0 Å². The summed E-state index contributed by atoms with van der Waals surface area (Å²) in [6.45, 7) is 3.74. The third kappa shape index (κ3) is 4.06. The standard InChI is InChI=1S/C21H18N4O4S/c1-12-7-13(2)9-14(8-12)29-11-17(26)22-21-24-23-18(30-21)10-25-19(27)15-5-3-4-6-16(15)20(25)28/h3-9H,10-11H2,1-2H3,(H,22,24,26). The maximum Gasteiger partial charge on any atom is 0.264 e. The summed E-state index contributed by atoms with van der Waals surface area (Å²) in [7, 11) is 0. The molecule has 9 heteroatoms. The molecule has 0 radical (unpaired) electrons. The van der Waals surface area contributed by atoms with Crippen molar-refractivity contribution in [3.8, 4) is 5.75 Å². The Kier molecular flexibility index (Phi) is 5.28. The quantitative estimate of drug-likeness (QED) is 0.613. The van der Waals surface area contributed by atoms with E-state index < -0.39 is 0 Å². The number of nitrogens with one attached hydrogen (secondary N) is 1.